The molecule has 5 nitrogen and oxygen atoms in total. The van der Waals surface area contributed by atoms with Gasteiger partial charge < -0.3 is 4.74 Å². The van der Waals surface area contributed by atoms with E-state index in [4.69, 9.17) is 4.74 Å². The smallest absolute Gasteiger partial charge is 0.243 e. The maximum atomic E-state index is 13.1. The Balaban J connectivity index is 1.65. The van der Waals surface area contributed by atoms with E-state index in [1.165, 1.54) is 6.42 Å². The molecule has 0 aliphatic carbocycles. The van der Waals surface area contributed by atoms with Crippen LogP contribution in [0.2, 0.25) is 0 Å². The summed E-state index contributed by atoms with van der Waals surface area (Å²) in [6, 6.07) is 5.85. The molecule has 22 heavy (non-hydrogen) atoms. The van der Waals surface area contributed by atoms with Crippen LogP contribution in [-0.4, -0.2) is 49.3 Å². The van der Waals surface area contributed by atoms with E-state index in [2.05, 4.69) is 4.90 Å². The maximum Gasteiger partial charge on any atom is 0.243 e. The summed E-state index contributed by atoms with van der Waals surface area (Å²) in [7, 11) is -3.42. The van der Waals surface area contributed by atoms with Gasteiger partial charge >= 0.3 is 0 Å². The molecule has 3 heterocycles. The SMILES string of the molecule is C[C@H]1CN2CCC[C@@H]2CN1S(=O)(=O)c1ccc2c(c1)COC2. The number of nitrogens with zero attached hydrogens (tertiary/aromatic N) is 2. The van der Waals surface area contributed by atoms with Gasteiger partial charge in [-0.3, -0.25) is 4.90 Å². The molecule has 0 spiro atoms. The number of sulfonamides is 1. The third kappa shape index (κ3) is 2.29. The van der Waals surface area contributed by atoms with Crippen LogP contribution in [0.4, 0.5) is 0 Å². The number of benzene rings is 1. The second-order valence-corrected chi connectivity index (χ2v) is 8.53. The molecular weight excluding hydrogens is 300 g/mol. The number of fused-ring (bicyclic) bond motifs is 2. The largest absolute Gasteiger partial charge is 0.372 e. The normalized spacial score (nSPS) is 29.5. The zero-order valence-corrected chi connectivity index (χ0v) is 13.7. The van der Waals surface area contributed by atoms with E-state index in [1.54, 1.807) is 16.4 Å². The molecule has 0 unspecified atom stereocenters. The van der Waals surface area contributed by atoms with Gasteiger partial charge in [0, 0.05) is 25.2 Å². The topological polar surface area (TPSA) is 49.9 Å². The van der Waals surface area contributed by atoms with Crippen molar-refractivity contribution in [3.63, 3.8) is 0 Å². The first-order valence-electron chi connectivity index (χ1n) is 8.01. The summed E-state index contributed by atoms with van der Waals surface area (Å²) in [6.07, 6.45) is 2.29. The summed E-state index contributed by atoms with van der Waals surface area (Å²) >= 11 is 0. The highest BCUT2D eigenvalue weighted by atomic mass is 32.2. The van der Waals surface area contributed by atoms with Gasteiger partial charge in [-0.15, -0.1) is 0 Å². The summed E-state index contributed by atoms with van der Waals surface area (Å²) in [5.41, 5.74) is 2.11. The van der Waals surface area contributed by atoms with Gasteiger partial charge in [0.1, 0.15) is 0 Å². The highest BCUT2D eigenvalue weighted by Gasteiger charge is 2.40. The van der Waals surface area contributed by atoms with Crippen LogP contribution in [0.3, 0.4) is 0 Å². The van der Waals surface area contributed by atoms with E-state index in [0.29, 0.717) is 30.7 Å². The standard InChI is InChI=1S/C16H22N2O3S/c1-12-8-17-6-2-3-15(17)9-18(12)22(19,20)16-5-4-13-10-21-11-14(13)7-16/h4-5,7,12,15H,2-3,6,8-11H2,1H3/t12-,15+/m0/s1. The van der Waals surface area contributed by atoms with Crippen LogP contribution >= 0.6 is 0 Å². The molecule has 120 valence electrons. The molecule has 2 saturated heterocycles. The molecule has 0 radical (unpaired) electrons. The summed E-state index contributed by atoms with van der Waals surface area (Å²) < 4.78 is 33.2. The number of hydrogen-bond donors (Lipinski definition) is 0. The van der Waals surface area contributed by atoms with Gasteiger partial charge in [-0.2, -0.15) is 4.31 Å². The van der Waals surface area contributed by atoms with Crippen LogP contribution < -0.4 is 0 Å². The van der Waals surface area contributed by atoms with Crippen molar-refractivity contribution in [3.05, 3.63) is 29.3 Å². The highest BCUT2D eigenvalue weighted by Crippen LogP contribution is 2.30. The minimum Gasteiger partial charge on any atom is -0.372 e. The quantitative estimate of drug-likeness (QED) is 0.829. The number of ether oxygens (including phenoxy) is 1. The minimum atomic E-state index is -3.42. The lowest BCUT2D eigenvalue weighted by molar-refractivity contribution is 0.117. The monoisotopic (exact) mass is 322 g/mol. The Morgan fingerprint density at radius 2 is 2.00 bits per heavy atom. The zero-order chi connectivity index (χ0) is 15.3. The van der Waals surface area contributed by atoms with Crippen LogP contribution in [0.1, 0.15) is 30.9 Å². The fourth-order valence-corrected chi connectivity index (χ4v) is 5.65. The van der Waals surface area contributed by atoms with Crippen LogP contribution in [0.15, 0.2) is 23.1 Å². The predicted molar refractivity (Wildman–Crippen MR) is 82.9 cm³/mol. The number of piperazine rings is 1. The van der Waals surface area contributed by atoms with Crippen molar-refractivity contribution in [3.8, 4) is 0 Å². The van der Waals surface area contributed by atoms with Crippen molar-refractivity contribution in [2.24, 2.45) is 0 Å². The van der Waals surface area contributed by atoms with Gasteiger partial charge in [-0.25, -0.2) is 8.42 Å². The van der Waals surface area contributed by atoms with Crippen molar-refractivity contribution >= 4 is 10.0 Å². The van der Waals surface area contributed by atoms with Gasteiger partial charge in [0.2, 0.25) is 10.0 Å². The van der Waals surface area contributed by atoms with Crippen molar-refractivity contribution < 1.29 is 13.2 Å². The lowest BCUT2D eigenvalue weighted by atomic mass is 10.1. The van der Waals surface area contributed by atoms with Gasteiger partial charge in [0.25, 0.3) is 0 Å². The summed E-state index contributed by atoms with van der Waals surface area (Å²) in [5.74, 6) is 0. The molecule has 0 N–H and O–H groups in total. The molecule has 0 bridgehead atoms. The summed E-state index contributed by atoms with van der Waals surface area (Å²) in [6.45, 7) is 5.70. The second kappa shape index (κ2) is 5.30. The number of rotatable bonds is 2. The lowest BCUT2D eigenvalue weighted by Gasteiger charge is -2.41. The molecule has 2 fully saturated rings. The van der Waals surface area contributed by atoms with Gasteiger partial charge in [-0.1, -0.05) is 6.07 Å². The molecule has 1 aromatic carbocycles. The van der Waals surface area contributed by atoms with E-state index in [1.807, 2.05) is 13.0 Å². The Morgan fingerprint density at radius 1 is 1.18 bits per heavy atom. The Bertz CT molecular complexity index is 689. The molecule has 2 atom stereocenters. The summed E-state index contributed by atoms with van der Waals surface area (Å²) in [4.78, 5) is 2.85. The van der Waals surface area contributed by atoms with E-state index >= 15 is 0 Å². The Labute approximate surface area is 131 Å². The van der Waals surface area contributed by atoms with Crippen molar-refractivity contribution in [1.29, 1.82) is 0 Å². The van der Waals surface area contributed by atoms with Crippen LogP contribution in [-0.2, 0) is 28.0 Å². The van der Waals surface area contributed by atoms with E-state index in [9.17, 15) is 8.42 Å². The van der Waals surface area contributed by atoms with Crippen LogP contribution in [0.25, 0.3) is 0 Å². The second-order valence-electron chi connectivity index (χ2n) is 6.64. The van der Waals surface area contributed by atoms with Crippen molar-refractivity contribution in [2.45, 2.75) is 50.0 Å². The molecule has 0 amide bonds. The Kier molecular flexibility index (Phi) is 3.52. The van der Waals surface area contributed by atoms with Crippen LogP contribution in [0, 0.1) is 0 Å². The Hall–Kier alpha value is -0.950. The molecule has 3 aliphatic heterocycles. The molecule has 0 saturated carbocycles. The first kappa shape index (κ1) is 14.6. The molecule has 1 aromatic rings. The fourth-order valence-electron chi connectivity index (χ4n) is 3.94. The third-order valence-electron chi connectivity index (χ3n) is 5.18. The van der Waals surface area contributed by atoms with E-state index < -0.39 is 10.0 Å². The molecule has 4 rings (SSSR count). The molecular formula is C16H22N2O3S. The average molecular weight is 322 g/mol. The van der Waals surface area contributed by atoms with Crippen LogP contribution in [0.5, 0.6) is 0 Å². The predicted octanol–water partition coefficient (Wildman–Crippen LogP) is 1.57. The van der Waals surface area contributed by atoms with Gasteiger partial charge in [0.15, 0.2) is 0 Å². The first-order valence-corrected chi connectivity index (χ1v) is 9.45. The van der Waals surface area contributed by atoms with Crippen molar-refractivity contribution in [1.82, 2.24) is 9.21 Å². The fraction of sp³-hybridized carbons (Fsp3) is 0.625. The number of hydrogen-bond acceptors (Lipinski definition) is 4. The Morgan fingerprint density at radius 3 is 2.86 bits per heavy atom. The van der Waals surface area contributed by atoms with Crippen molar-refractivity contribution in [2.75, 3.05) is 19.6 Å². The lowest BCUT2D eigenvalue weighted by Crippen LogP contribution is -2.56. The molecule has 0 aromatic heterocycles. The molecule has 3 aliphatic rings. The first-order chi connectivity index (χ1) is 10.6. The maximum absolute atomic E-state index is 13.1. The summed E-state index contributed by atoms with van der Waals surface area (Å²) in [5, 5.41) is 0. The molecule has 6 heteroatoms. The minimum absolute atomic E-state index is 0.0313. The van der Waals surface area contributed by atoms with Gasteiger partial charge in [-0.05, 0) is 49.6 Å². The van der Waals surface area contributed by atoms with E-state index in [-0.39, 0.29) is 6.04 Å². The third-order valence-corrected chi connectivity index (χ3v) is 7.16. The van der Waals surface area contributed by atoms with E-state index in [0.717, 1.165) is 30.6 Å². The van der Waals surface area contributed by atoms with Gasteiger partial charge in [0.05, 0.1) is 18.1 Å². The zero-order valence-electron chi connectivity index (χ0n) is 12.9. The average Bonchev–Trinajstić information content (AvgIpc) is 3.13. The highest BCUT2D eigenvalue weighted by molar-refractivity contribution is 7.89.